The molecule has 2 aromatic rings. The Kier molecular flexibility index (Phi) is 5.75. The molecular formula is C22H25ClN2O4. The van der Waals surface area contributed by atoms with Gasteiger partial charge in [-0.25, -0.2) is 0 Å². The molecule has 2 aromatic carbocycles. The van der Waals surface area contributed by atoms with Gasteiger partial charge in [-0.15, -0.1) is 0 Å². The minimum Gasteiger partial charge on any atom is -0.493 e. The van der Waals surface area contributed by atoms with Gasteiger partial charge in [0.1, 0.15) is 0 Å². The Morgan fingerprint density at radius 2 is 1.76 bits per heavy atom. The maximum Gasteiger partial charge on any atom is 0.227 e. The molecule has 3 rings (SSSR count). The van der Waals surface area contributed by atoms with E-state index in [0.717, 1.165) is 11.1 Å². The molecule has 0 spiro atoms. The summed E-state index contributed by atoms with van der Waals surface area (Å²) in [5, 5.41) is 0.580. The van der Waals surface area contributed by atoms with E-state index in [1.54, 1.807) is 44.2 Å². The molecule has 1 saturated heterocycles. The van der Waals surface area contributed by atoms with Crippen LogP contribution in [0, 0.1) is 11.8 Å². The number of hydrogen-bond acceptors (Lipinski definition) is 4. The van der Waals surface area contributed by atoms with Gasteiger partial charge < -0.3 is 20.1 Å². The zero-order chi connectivity index (χ0) is 21.3. The first-order valence-electron chi connectivity index (χ1n) is 9.31. The number of methoxy groups -OCH3 is 2. The zero-order valence-corrected chi connectivity index (χ0v) is 17.7. The van der Waals surface area contributed by atoms with Crippen molar-refractivity contribution in [1.82, 2.24) is 4.90 Å². The fraction of sp³-hybridized carbons (Fsp3) is 0.364. The predicted molar refractivity (Wildman–Crippen MR) is 111 cm³/mol. The Morgan fingerprint density at radius 1 is 1.14 bits per heavy atom. The number of nitrogens with two attached hydrogens (primary N) is 1. The summed E-state index contributed by atoms with van der Waals surface area (Å²) in [5.41, 5.74) is 6.51. The van der Waals surface area contributed by atoms with Gasteiger partial charge in [0, 0.05) is 17.5 Å². The molecule has 3 unspecified atom stereocenters. The number of ether oxygens (including phenoxy) is 2. The minimum atomic E-state index is -0.903. The van der Waals surface area contributed by atoms with Crippen LogP contribution in [0.1, 0.15) is 25.0 Å². The summed E-state index contributed by atoms with van der Waals surface area (Å²) >= 11 is 6.05. The summed E-state index contributed by atoms with van der Waals surface area (Å²) in [4.78, 5) is 27.3. The summed E-state index contributed by atoms with van der Waals surface area (Å²) in [6.07, 6.45) is 0. The van der Waals surface area contributed by atoms with Gasteiger partial charge in [0.2, 0.25) is 11.8 Å². The second kappa shape index (κ2) is 7.95. The minimum absolute atomic E-state index is 0.124. The van der Waals surface area contributed by atoms with Crippen LogP contribution in [0.2, 0.25) is 5.02 Å². The molecule has 1 fully saturated rings. The first kappa shape index (κ1) is 21.0. The molecule has 0 aromatic heterocycles. The topological polar surface area (TPSA) is 81.9 Å². The molecular weight excluding hydrogens is 392 g/mol. The lowest BCUT2D eigenvalue weighted by atomic mass is 9.76. The molecule has 6 nitrogen and oxygen atoms in total. The molecule has 0 saturated carbocycles. The number of carbonyl (C=O) groups is 2. The van der Waals surface area contributed by atoms with Gasteiger partial charge in [0.15, 0.2) is 11.5 Å². The smallest absolute Gasteiger partial charge is 0.227 e. The quantitative estimate of drug-likeness (QED) is 0.782. The van der Waals surface area contributed by atoms with Crippen molar-refractivity contribution in [3.05, 3.63) is 58.6 Å². The van der Waals surface area contributed by atoms with Crippen molar-refractivity contribution in [3.8, 4) is 11.5 Å². The van der Waals surface area contributed by atoms with E-state index in [0.29, 0.717) is 23.1 Å². The summed E-state index contributed by atoms with van der Waals surface area (Å²) < 4.78 is 10.7. The van der Waals surface area contributed by atoms with Gasteiger partial charge in [0.05, 0.1) is 25.7 Å². The highest BCUT2D eigenvalue weighted by atomic mass is 35.5. The molecule has 1 aliphatic heterocycles. The molecule has 2 amide bonds. The van der Waals surface area contributed by atoms with Gasteiger partial charge in [-0.3, -0.25) is 9.59 Å². The van der Waals surface area contributed by atoms with Crippen molar-refractivity contribution < 1.29 is 19.1 Å². The largest absolute Gasteiger partial charge is 0.493 e. The van der Waals surface area contributed by atoms with Crippen LogP contribution < -0.4 is 15.2 Å². The van der Waals surface area contributed by atoms with Crippen LogP contribution in [0.3, 0.4) is 0 Å². The SMILES string of the molecule is COc1ccc(CN2C(=O)C(C)C(C(N)=O)C2(C)c2ccc(Cl)cc2)cc1OC. The van der Waals surface area contributed by atoms with E-state index in [2.05, 4.69) is 0 Å². The maximum absolute atomic E-state index is 13.2. The molecule has 0 radical (unpaired) electrons. The summed E-state index contributed by atoms with van der Waals surface area (Å²) in [5.74, 6) is -0.652. The molecule has 29 heavy (non-hydrogen) atoms. The average Bonchev–Trinajstić information content (AvgIpc) is 2.89. The van der Waals surface area contributed by atoms with E-state index >= 15 is 0 Å². The van der Waals surface area contributed by atoms with E-state index in [1.165, 1.54) is 0 Å². The van der Waals surface area contributed by atoms with E-state index in [4.69, 9.17) is 26.8 Å². The van der Waals surface area contributed by atoms with E-state index in [1.807, 2.05) is 31.2 Å². The Labute approximate surface area is 175 Å². The highest BCUT2D eigenvalue weighted by Crippen LogP contribution is 2.48. The molecule has 3 atom stereocenters. The molecule has 154 valence electrons. The lowest BCUT2D eigenvalue weighted by Gasteiger charge is -2.39. The Bertz CT molecular complexity index is 931. The van der Waals surface area contributed by atoms with E-state index < -0.39 is 23.3 Å². The number of amides is 2. The van der Waals surface area contributed by atoms with Crippen LogP contribution in [0.5, 0.6) is 11.5 Å². The molecule has 1 heterocycles. The standard InChI is InChI=1S/C22H25ClN2O4/c1-13-19(20(24)26)22(2,15-6-8-16(23)9-7-15)25(21(13)27)12-14-5-10-17(28-3)18(11-14)29-4/h5-11,13,19H,12H2,1-4H3,(H2,24,26). The van der Waals surface area contributed by atoms with Crippen molar-refractivity contribution in [1.29, 1.82) is 0 Å². The number of rotatable bonds is 6. The molecule has 0 aliphatic carbocycles. The van der Waals surface area contributed by atoms with Crippen LogP contribution in [0.4, 0.5) is 0 Å². The number of nitrogens with zero attached hydrogens (tertiary/aromatic N) is 1. The lowest BCUT2D eigenvalue weighted by Crippen LogP contribution is -2.47. The molecule has 2 N–H and O–H groups in total. The first-order chi connectivity index (χ1) is 13.7. The third-order valence-corrected chi connectivity index (χ3v) is 6.10. The van der Waals surface area contributed by atoms with E-state index in [9.17, 15) is 9.59 Å². The van der Waals surface area contributed by atoms with Crippen LogP contribution in [-0.4, -0.2) is 30.9 Å². The lowest BCUT2D eigenvalue weighted by molar-refractivity contribution is -0.134. The molecule has 7 heteroatoms. The van der Waals surface area contributed by atoms with Gasteiger partial charge in [-0.05, 0) is 42.3 Å². The van der Waals surface area contributed by atoms with Crippen molar-refractivity contribution in [2.75, 3.05) is 14.2 Å². The highest BCUT2D eigenvalue weighted by molar-refractivity contribution is 6.30. The third-order valence-electron chi connectivity index (χ3n) is 5.85. The van der Waals surface area contributed by atoms with Crippen molar-refractivity contribution in [3.63, 3.8) is 0 Å². The van der Waals surface area contributed by atoms with Crippen molar-refractivity contribution >= 4 is 23.4 Å². The van der Waals surface area contributed by atoms with Gasteiger partial charge in [0.25, 0.3) is 0 Å². The fourth-order valence-electron chi connectivity index (χ4n) is 4.32. The Balaban J connectivity index is 2.08. The number of primary amides is 1. The average molecular weight is 417 g/mol. The van der Waals surface area contributed by atoms with Gasteiger partial charge >= 0.3 is 0 Å². The Hall–Kier alpha value is -2.73. The van der Waals surface area contributed by atoms with Crippen LogP contribution in [0.25, 0.3) is 0 Å². The van der Waals surface area contributed by atoms with Crippen LogP contribution in [0.15, 0.2) is 42.5 Å². The zero-order valence-electron chi connectivity index (χ0n) is 16.9. The van der Waals surface area contributed by atoms with E-state index in [-0.39, 0.29) is 5.91 Å². The summed E-state index contributed by atoms with van der Waals surface area (Å²) in [6.45, 7) is 3.93. The first-order valence-corrected chi connectivity index (χ1v) is 9.69. The normalized spacial score (nSPS) is 23.9. The maximum atomic E-state index is 13.2. The van der Waals surface area contributed by atoms with Crippen LogP contribution in [-0.2, 0) is 21.7 Å². The third kappa shape index (κ3) is 3.53. The monoisotopic (exact) mass is 416 g/mol. The second-order valence-corrected chi connectivity index (χ2v) is 7.87. The van der Waals surface area contributed by atoms with Gasteiger partial charge in [-0.2, -0.15) is 0 Å². The number of carbonyl (C=O) groups excluding carboxylic acids is 2. The predicted octanol–water partition coefficient (Wildman–Crippen LogP) is 3.35. The second-order valence-electron chi connectivity index (χ2n) is 7.44. The fourth-order valence-corrected chi connectivity index (χ4v) is 4.45. The van der Waals surface area contributed by atoms with Crippen LogP contribution >= 0.6 is 11.6 Å². The highest BCUT2D eigenvalue weighted by Gasteiger charge is 2.57. The molecule has 0 bridgehead atoms. The summed E-state index contributed by atoms with van der Waals surface area (Å²) in [6, 6.07) is 12.7. The van der Waals surface area contributed by atoms with Gasteiger partial charge in [-0.1, -0.05) is 36.7 Å². The number of likely N-dealkylation sites (tertiary alicyclic amines) is 1. The number of halogens is 1. The number of hydrogen-bond donors (Lipinski definition) is 1. The van der Waals surface area contributed by atoms with Crippen molar-refractivity contribution in [2.45, 2.75) is 25.9 Å². The summed E-state index contributed by atoms with van der Waals surface area (Å²) in [7, 11) is 3.13. The Morgan fingerprint density at radius 3 is 2.31 bits per heavy atom. The number of benzene rings is 2. The molecule has 1 aliphatic rings. The van der Waals surface area contributed by atoms with Crippen molar-refractivity contribution in [2.24, 2.45) is 17.6 Å².